The molecular formula is C13H16BrFN2O3. The maximum Gasteiger partial charge on any atom is 0.293 e. The molecular weight excluding hydrogens is 331 g/mol. The minimum absolute atomic E-state index is 0.00623. The smallest absolute Gasteiger partial charge is 0.293 e. The number of benzene rings is 1. The van der Waals surface area contributed by atoms with Gasteiger partial charge < -0.3 is 10.1 Å². The highest BCUT2D eigenvalue weighted by Crippen LogP contribution is 2.45. The largest absolute Gasteiger partial charge is 0.381 e. The Labute approximate surface area is 124 Å². The van der Waals surface area contributed by atoms with Crippen molar-refractivity contribution < 1.29 is 14.1 Å². The molecule has 0 amide bonds. The maximum absolute atomic E-state index is 13.6. The molecule has 0 aliphatic heterocycles. The number of nitrogens with one attached hydrogen (secondary N) is 1. The van der Waals surface area contributed by atoms with Crippen molar-refractivity contribution in [1.82, 2.24) is 0 Å². The Morgan fingerprint density at radius 2 is 2.20 bits per heavy atom. The number of hydrogen-bond acceptors (Lipinski definition) is 4. The minimum Gasteiger partial charge on any atom is -0.381 e. The zero-order chi connectivity index (χ0) is 15.1. The Kier molecular flexibility index (Phi) is 4.02. The Balaban J connectivity index is 2.26. The molecule has 1 aliphatic carbocycles. The van der Waals surface area contributed by atoms with Crippen LogP contribution in [0.15, 0.2) is 16.6 Å². The predicted molar refractivity (Wildman–Crippen MR) is 77.4 cm³/mol. The van der Waals surface area contributed by atoms with Gasteiger partial charge in [-0.25, -0.2) is 4.39 Å². The monoisotopic (exact) mass is 346 g/mol. The Bertz CT molecular complexity index is 551. The van der Waals surface area contributed by atoms with Gasteiger partial charge in [0.1, 0.15) is 11.5 Å². The van der Waals surface area contributed by atoms with Crippen molar-refractivity contribution in [3.8, 4) is 0 Å². The maximum atomic E-state index is 13.6. The third-order valence-electron chi connectivity index (χ3n) is 4.03. The SMILES string of the molecule is COC1CC(Nc2cc(F)c(Br)cc2[N+](=O)[O-])C1(C)C. The molecule has 2 rings (SSSR count). The van der Waals surface area contributed by atoms with Gasteiger partial charge in [0.25, 0.3) is 5.69 Å². The second kappa shape index (κ2) is 5.29. The van der Waals surface area contributed by atoms with Gasteiger partial charge >= 0.3 is 0 Å². The standard InChI is InChI=1S/C13H16BrFN2O3/c1-13(2)11(6-12(13)20-3)16-9-5-8(15)7(14)4-10(9)17(18)19/h4-5,11-12,16H,6H2,1-3H3. The molecule has 0 radical (unpaired) electrons. The summed E-state index contributed by atoms with van der Waals surface area (Å²) >= 11 is 2.96. The molecule has 0 heterocycles. The van der Waals surface area contributed by atoms with E-state index in [1.807, 2.05) is 13.8 Å². The van der Waals surface area contributed by atoms with Gasteiger partial charge in [-0.2, -0.15) is 0 Å². The summed E-state index contributed by atoms with van der Waals surface area (Å²) in [6.07, 6.45) is 0.831. The second-order valence-electron chi connectivity index (χ2n) is 5.52. The Morgan fingerprint density at radius 1 is 1.55 bits per heavy atom. The van der Waals surface area contributed by atoms with Crippen LogP contribution in [0.4, 0.5) is 15.8 Å². The highest BCUT2D eigenvalue weighted by Gasteiger charge is 2.49. The zero-order valence-corrected chi connectivity index (χ0v) is 13.0. The number of nitro benzene ring substituents is 1. The van der Waals surface area contributed by atoms with E-state index in [4.69, 9.17) is 4.74 Å². The van der Waals surface area contributed by atoms with Crippen molar-refractivity contribution in [2.75, 3.05) is 12.4 Å². The van der Waals surface area contributed by atoms with E-state index in [-0.39, 0.29) is 33.4 Å². The van der Waals surface area contributed by atoms with Crippen LogP contribution in [0.1, 0.15) is 20.3 Å². The van der Waals surface area contributed by atoms with Crippen LogP contribution in [0.25, 0.3) is 0 Å². The van der Waals surface area contributed by atoms with E-state index in [0.717, 1.165) is 12.5 Å². The first-order valence-corrected chi connectivity index (χ1v) is 6.99. The predicted octanol–water partition coefficient (Wildman–Crippen LogP) is 3.72. The van der Waals surface area contributed by atoms with Crippen LogP contribution >= 0.6 is 15.9 Å². The van der Waals surface area contributed by atoms with Crippen molar-refractivity contribution >= 4 is 27.3 Å². The van der Waals surface area contributed by atoms with Gasteiger partial charge in [-0.1, -0.05) is 13.8 Å². The highest BCUT2D eigenvalue weighted by atomic mass is 79.9. The number of nitrogens with zero attached hydrogens (tertiary/aromatic N) is 1. The Hall–Kier alpha value is -1.21. The van der Waals surface area contributed by atoms with Gasteiger partial charge in [0.2, 0.25) is 0 Å². The van der Waals surface area contributed by atoms with Gasteiger partial charge in [0.05, 0.1) is 15.5 Å². The molecule has 0 bridgehead atoms. The average Bonchev–Trinajstić information content (AvgIpc) is 2.37. The van der Waals surface area contributed by atoms with Crippen molar-refractivity contribution in [3.63, 3.8) is 0 Å². The van der Waals surface area contributed by atoms with Crippen molar-refractivity contribution in [1.29, 1.82) is 0 Å². The number of anilines is 1. The normalized spacial score (nSPS) is 24.1. The van der Waals surface area contributed by atoms with Crippen molar-refractivity contribution in [2.45, 2.75) is 32.4 Å². The number of methoxy groups -OCH3 is 1. The molecule has 20 heavy (non-hydrogen) atoms. The number of hydrogen-bond donors (Lipinski definition) is 1. The minimum atomic E-state index is -0.529. The second-order valence-corrected chi connectivity index (χ2v) is 6.37. The topological polar surface area (TPSA) is 64.4 Å². The van der Waals surface area contributed by atoms with E-state index in [2.05, 4.69) is 21.2 Å². The first-order valence-electron chi connectivity index (χ1n) is 6.20. The summed E-state index contributed by atoms with van der Waals surface area (Å²) in [6, 6.07) is 2.34. The van der Waals surface area contributed by atoms with Crippen LogP contribution in [-0.4, -0.2) is 24.2 Å². The van der Waals surface area contributed by atoms with Crippen molar-refractivity contribution in [3.05, 3.63) is 32.5 Å². The van der Waals surface area contributed by atoms with Gasteiger partial charge in [-0.05, 0) is 22.4 Å². The molecule has 1 N–H and O–H groups in total. The summed E-state index contributed by atoms with van der Waals surface area (Å²) in [4.78, 5) is 10.5. The molecule has 7 heteroatoms. The summed E-state index contributed by atoms with van der Waals surface area (Å²) in [5.41, 5.74) is -0.107. The summed E-state index contributed by atoms with van der Waals surface area (Å²) in [5, 5.41) is 14.1. The number of rotatable bonds is 4. The first kappa shape index (κ1) is 15.2. The van der Waals surface area contributed by atoms with Crippen LogP contribution in [-0.2, 0) is 4.74 Å². The molecule has 2 atom stereocenters. The third kappa shape index (κ3) is 2.52. The summed E-state index contributed by atoms with van der Waals surface area (Å²) in [5.74, 6) is -0.529. The molecule has 1 saturated carbocycles. The lowest BCUT2D eigenvalue weighted by atomic mass is 9.64. The van der Waals surface area contributed by atoms with Crippen LogP contribution in [0, 0.1) is 21.3 Å². The molecule has 2 unspecified atom stereocenters. The van der Waals surface area contributed by atoms with E-state index >= 15 is 0 Å². The molecule has 1 aromatic rings. The van der Waals surface area contributed by atoms with E-state index in [1.165, 1.54) is 6.07 Å². The van der Waals surface area contributed by atoms with Gasteiger partial charge in [0.15, 0.2) is 0 Å². The summed E-state index contributed by atoms with van der Waals surface area (Å²) in [7, 11) is 1.64. The van der Waals surface area contributed by atoms with E-state index < -0.39 is 10.7 Å². The van der Waals surface area contributed by atoms with Crippen LogP contribution in [0.2, 0.25) is 0 Å². The molecule has 1 fully saturated rings. The number of nitro groups is 1. The summed E-state index contributed by atoms with van der Waals surface area (Å²) < 4.78 is 19.0. The third-order valence-corrected chi connectivity index (χ3v) is 4.63. The van der Waals surface area contributed by atoms with E-state index in [0.29, 0.717) is 0 Å². The summed E-state index contributed by atoms with van der Waals surface area (Å²) in [6.45, 7) is 4.03. The van der Waals surface area contributed by atoms with Crippen LogP contribution < -0.4 is 5.32 Å². The average molecular weight is 347 g/mol. The zero-order valence-electron chi connectivity index (χ0n) is 11.4. The Morgan fingerprint density at radius 3 is 2.70 bits per heavy atom. The quantitative estimate of drug-likeness (QED) is 0.666. The lowest BCUT2D eigenvalue weighted by Gasteiger charge is -2.51. The lowest BCUT2D eigenvalue weighted by Crippen LogP contribution is -2.57. The molecule has 5 nitrogen and oxygen atoms in total. The molecule has 1 aromatic carbocycles. The first-order chi connectivity index (χ1) is 9.27. The molecule has 0 aromatic heterocycles. The van der Waals surface area contributed by atoms with Gasteiger partial charge in [-0.3, -0.25) is 10.1 Å². The van der Waals surface area contributed by atoms with Gasteiger partial charge in [0, 0.05) is 30.7 Å². The van der Waals surface area contributed by atoms with Crippen molar-refractivity contribution in [2.24, 2.45) is 5.41 Å². The number of halogens is 2. The number of ether oxygens (including phenoxy) is 1. The fourth-order valence-corrected chi connectivity index (χ4v) is 2.85. The molecule has 110 valence electrons. The lowest BCUT2D eigenvalue weighted by molar-refractivity contribution is -0.384. The fraction of sp³-hybridized carbons (Fsp3) is 0.538. The van der Waals surface area contributed by atoms with Gasteiger partial charge in [-0.15, -0.1) is 0 Å². The molecule has 0 saturated heterocycles. The van der Waals surface area contributed by atoms with E-state index in [9.17, 15) is 14.5 Å². The highest BCUT2D eigenvalue weighted by molar-refractivity contribution is 9.10. The van der Waals surface area contributed by atoms with E-state index in [1.54, 1.807) is 7.11 Å². The van der Waals surface area contributed by atoms with Crippen LogP contribution in [0.3, 0.4) is 0 Å². The fourth-order valence-electron chi connectivity index (χ4n) is 2.52. The molecule has 0 spiro atoms. The molecule has 1 aliphatic rings. The van der Waals surface area contributed by atoms with Crippen LogP contribution in [0.5, 0.6) is 0 Å².